The molecule has 2 N–H and O–H groups in total. The highest BCUT2D eigenvalue weighted by Crippen LogP contribution is 2.63. The van der Waals surface area contributed by atoms with Crippen molar-refractivity contribution in [1.82, 2.24) is 0 Å². The summed E-state index contributed by atoms with van der Waals surface area (Å²) in [5, 5.41) is 0. The first kappa shape index (κ1) is 9.97. The molecule has 0 bridgehead atoms. The first-order chi connectivity index (χ1) is 6.35. The lowest BCUT2D eigenvalue weighted by Crippen LogP contribution is -2.30. The van der Waals surface area contributed by atoms with Crippen molar-refractivity contribution in [1.29, 1.82) is 0 Å². The Bertz CT molecular complexity index is 269. The Morgan fingerprint density at radius 1 is 1.50 bits per heavy atom. The average molecular weight is 197 g/mol. The van der Waals surface area contributed by atoms with Crippen LogP contribution in [0.4, 0.5) is 0 Å². The molecule has 3 unspecified atom stereocenters. The Balaban J connectivity index is 2.01. The monoisotopic (exact) mass is 197 g/mol. The highest BCUT2D eigenvalue weighted by molar-refractivity contribution is 5.81. The van der Waals surface area contributed by atoms with Crippen LogP contribution in [-0.2, 0) is 9.53 Å². The predicted octanol–water partition coefficient (Wildman–Crippen LogP) is 1.46. The molecule has 0 heterocycles. The first-order valence-corrected chi connectivity index (χ1v) is 5.34. The van der Waals surface area contributed by atoms with E-state index < -0.39 is 0 Å². The van der Waals surface area contributed by atoms with Crippen molar-refractivity contribution in [3.05, 3.63) is 0 Å². The van der Waals surface area contributed by atoms with E-state index in [9.17, 15) is 4.79 Å². The number of hydrogen-bond acceptors (Lipinski definition) is 3. The Hall–Kier alpha value is -0.570. The summed E-state index contributed by atoms with van der Waals surface area (Å²) >= 11 is 0. The molecule has 3 atom stereocenters. The summed E-state index contributed by atoms with van der Waals surface area (Å²) in [5.74, 6) is 0.375. The molecule has 3 heteroatoms. The zero-order valence-corrected chi connectivity index (χ0v) is 9.17. The van der Waals surface area contributed by atoms with Gasteiger partial charge in [0.1, 0.15) is 5.60 Å². The van der Waals surface area contributed by atoms with Crippen molar-refractivity contribution in [2.45, 2.75) is 51.7 Å². The van der Waals surface area contributed by atoms with E-state index in [4.69, 9.17) is 10.5 Å². The summed E-state index contributed by atoms with van der Waals surface area (Å²) in [5.41, 5.74) is 5.34. The minimum Gasteiger partial charge on any atom is -0.460 e. The minimum atomic E-state index is -0.369. The van der Waals surface area contributed by atoms with Crippen molar-refractivity contribution >= 4 is 5.97 Å². The van der Waals surface area contributed by atoms with Gasteiger partial charge in [0.2, 0.25) is 0 Å². The molecule has 2 aliphatic rings. The zero-order chi connectivity index (χ0) is 10.6. The second-order valence-electron chi connectivity index (χ2n) is 5.67. The molecule has 0 aromatic heterocycles. The van der Waals surface area contributed by atoms with Gasteiger partial charge in [-0.05, 0) is 46.0 Å². The number of hydrogen-bond donors (Lipinski definition) is 1. The van der Waals surface area contributed by atoms with Crippen molar-refractivity contribution < 1.29 is 9.53 Å². The molecular formula is C11H19NO2. The lowest BCUT2D eigenvalue weighted by molar-refractivity contribution is -0.162. The van der Waals surface area contributed by atoms with Crippen LogP contribution in [0.25, 0.3) is 0 Å². The Morgan fingerprint density at radius 3 is 2.50 bits per heavy atom. The second kappa shape index (κ2) is 2.72. The number of carbonyl (C=O) groups is 1. The van der Waals surface area contributed by atoms with Crippen LogP contribution >= 0.6 is 0 Å². The lowest BCUT2D eigenvalue weighted by Gasteiger charge is -2.22. The first-order valence-electron chi connectivity index (χ1n) is 5.34. The summed E-state index contributed by atoms with van der Waals surface area (Å²) in [6, 6.07) is 0.225. The van der Waals surface area contributed by atoms with E-state index in [1.807, 2.05) is 20.8 Å². The molecule has 2 fully saturated rings. The van der Waals surface area contributed by atoms with Crippen LogP contribution < -0.4 is 5.73 Å². The Labute approximate surface area is 85.0 Å². The van der Waals surface area contributed by atoms with Gasteiger partial charge in [0.05, 0.1) is 5.41 Å². The number of esters is 1. The van der Waals surface area contributed by atoms with Crippen LogP contribution in [0.2, 0.25) is 0 Å². The van der Waals surface area contributed by atoms with Crippen molar-refractivity contribution in [3.63, 3.8) is 0 Å². The number of nitrogens with two attached hydrogens (primary N) is 1. The van der Waals surface area contributed by atoms with Gasteiger partial charge < -0.3 is 10.5 Å². The third-order valence-corrected chi connectivity index (χ3v) is 3.38. The van der Waals surface area contributed by atoms with Gasteiger partial charge in [-0.2, -0.15) is 0 Å². The topological polar surface area (TPSA) is 52.3 Å². The maximum absolute atomic E-state index is 11.9. The molecule has 2 aliphatic carbocycles. The van der Waals surface area contributed by atoms with E-state index in [-0.39, 0.29) is 23.0 Å². The summed E-state index contributed by atoms with van der Waals surface area (Å²) in [6.07, 6.45) is 2.85. The lowest BCUT2D eigenvalue weighted by atomic mass is 10.0. The van der Waals surface area contributed by atoms with Gasteiger partial charge in [-0.3, -0.25) is 4.79 Å². The SMILES string of the molecule is CC(C)(C)OC(=O)C12CCC(N)C1C2. The van der Waals surface area contributed by atoms with Gasteiger partial charge in [-0.15, -0.1) is 0 Å². The molecule has 14 heavy (non-hydrogen) atoms. The van der Waals surface area contributed by atoms with E-state index in [0.29, 0.717) is 5.92 Å². The molecule has 80 valence electrons. The molecule has 0 aromatic rings. The van der Waals surface area contributed by atoms with E-state index >= 15 is 0 Å². The number of fused-ring (bicyclic) bond motifs is 1. The fourth-order valence-corrected chi connectivity index (χ4v) is 2.52. The molecule has 3 nitrogen and oxygen atoms in total. The summed E-state index contributed by atoms with van der Waals surface area (Å²) in [7, 11) is 0. The third kappa shape index (κ3) is 1.44. The normalized spacial score (nSPS) is 40.6. The molecule has 0 aromatic carbocycles. The molecule has 0 radical (unpaired) electrons. The van der Waals surface area contributed by atoms with Crippen LogP contribution in [0, 0.1) is 11.3 Å². The van der Waals surface area contributed by atoms with E-state index in [0.717, 1.165) is 19.3 Å². The zero-order valence-electron chi connectivity index (χ0n) is 9.17. The van der Waals surface area contributed by atoms with Crippen LogP contribution in [0.3, 0.4) is 0 Å². The number of rotatable bonds is 1. The summed E-state index contributed by atoms with van der Waals surface area (Å²) < 4.78 is 5.42. The van der Waals surface area contributed by atoms with Gasteiger partial charge >= 0.3 is 5.97 Å². The van der Waals surface area contributed by atoms with E-state index in [1.54, 1.807) is 0 Å². The molecule has 2 rings (SSSR count). The average Bonchev–Trinajstić information content (AvgIpc) is 2.66. The largest absolute Gasteiger partial charge is 0.460 e. The second-order valence-corrected chi connectivity index (χ2v) is 5.67. The molecule has 0 amide bonds. The van der Waals surface area contributed by atoms with Crippen LogP contribution in [0.1, 0.15) is 40.0 Å². The smallest absolute Gasteiger partial charge is 0.312 e. The van der Waals surface area contributed by atoms with Crippen LogP contribution in [-0.4, -0.2) is 17.6 Å². The van der Waals surface area contributed by atoms with Gasteiger partial charge in [0, 0.05) is 6.04 Å². The van der Waals surface area contributed by atoms with Crippen molar-refractivity contribution in [3.8, 4) is 0 Å². The third-order valence-electron chi connectivity index (χ3n) is 3.38. The summed E-state index contributed by atoms with van der Waals surface area (Å²) in [6.45, 7) is 5.73. The Kier molecular flexibility index (Phi) is 1.94. The van der Waals surface area contributed by atoms with Crippen LogP contribution in [0.5, 0.6) is 0 Å². The predicted molar refractivity (Wildman–Crippen MR) is 53.6 cm³/mol. The van der Waals surface area contributed by atoms with Crippen LogP contribution in [0.15, 0.2) is 0 Å². The number of ether oxygens (including phenoxy) is 1. The fourth-order valence-electron chi connectivity index (χ4n) is 2.52. The standard InChI is InChI=1S/C11H19NO2/c1-10(2,3)14-9(13)11-5-4-8(12)7(11)6-11/h7-8H,4-6,12H2,1-3H3. The highest BCUT2D eigenvalue weighted by atomic mass is 16.6. The molecule has 0 saturated heterocycles. The van der Waals surface area contributed by atoms with E-state index in [2.05, 4.69) is 0 Å². The van der Waals surface area contributed by atoms with Gasteiger partial charge in [-0.1, -0.05) is 0 Å². The van der Waals surface area contributed by atoms with Gasteiger partial charge in [0.15, 0.2) is 0 Å². The number of carbonyl (C=O) groups excluding carboxylic acids is 1. The maximum atomic E-state index is 11.9. The Morgan fingerprint density at radius 2 is 2.14 bits per heavy atom. The van der Waals surface area contributed by atoms with Crippen molar-refractivity contribution in [2.75, 3.05) is 0 Å². The van der Waals surface area contributed by atoms with Gasteiger partial charge in [0.25, 0.3) is 0 Å². The molecule has 0 aliphatic heterocycles. The molecular weight excluding hydrogens is 178 g/mol. The maximum Gasteiger partial charge on any atom is 0.312 e. The fraction of sp³-hybridized carbons (Fsp3) is 0.909. The molecule has 2 saturated carbocycles. The quantitative estimate of drug-likeness (QED) is 0.647. The molecule has 0 spiro atoms. The van der Waals surface area contributed by atoms with E-state index in [1.165, 1.54) is 0 Å². The summed E-state index contributed by atoms with van der Waals surface area (Å²) in [4.78, 5) is 11.9. The van der Waals surface area contributed by atoms with Crippen molar-refractivity contribution in [2.24, 2.45) is 17.1 Å². The highest BCUT2D eigenvalue weighted by Gasteiger charge is 2.66. The minimum absolute atomic E-state index is 0.0250. The van der Waals surface area contributed by atoms with Gasteiger partial charge in [-0.25, -0.2) is 0 Å².